The summed E-state index contributed by atoms with van der Waals surface area (Å²) in [5.74, 6) is -0.968. The molecule has 0 saturated carbocycles. The third kappa shape index (κ3) is 3.18. The van der Waals surface area contributed by atoms with Gasteiger partial charge in [-0.2, -0.15) is 0 Å². The lowest BCUT2D eigenvalue weighted by molar-refractivity contribution is 0.100. The minimum absolute atomic E-state index is 0.264. The first-order valence-corrected chi connectivity index (χ1v) is 8.16. The Kier molecular flexibility index (Phi) is 4.39. The molecular weight excluding hydrogens is 322 g/mol. The summed E-state index contributed by atoms with van der Waals surface area (Å²) in [7, 11) is 0. The Morgan fingerprint density at radius 3 is 2.54 bits per heavy atom. The summed E-state index contributed by atoms with van der Waals surface area (Å²) in [4.78, 5) is 28.2. The fourth-order valence-corrected chi connectivity index (χ4v) is 3.20. The summed E-state index contributed by atoms with van der Waals surface area (Å²) in [6.07, 6.45) is 0. The number of amides is 2. The number of carbonyl (C=O) groups excluding carboxylic acids is 2. The molecule has 1 heterocycles. The predicted octanol–water partition coefficient (Wildman–Crippen LogP) is 3.47. The summed E-state index contributed by atoms with van der Waals surface area (Å²) in [5.41, 5.74) is 8.36. The van der Waals surface area contributed by atoms with Crippen molar-refractivity contribution < 1.29 is 9.59 Å². The van der Waals surface area contributed by atoms with E-state index in [0.29, 0.717) is 11.4 Å². The highest BCUT2D eigenvalue weighted by Crippen LogP contribution is 2.27. The fourth-order valence-electron chi connectivity index (χ4n) is 2.31. The van der Waals surface area contributed by atoms with E-state index in [0.717, 1.165) is 16.1 Å². The maximum absolute atomic E-state index is 12.4. The number of rotatable bonds is 4. The van der Waals surface area contributed by atoms with Crippen molar-refractivity contribution in [2.75, 3.05) is 5.32 Å². The Morgan fingerprint density at radius 2 is 1.79 bits per heavy atom. The molecule has 0 spiro atoms. The van der Waals surface area contributed by atoms with Crippen LogP contribution in [0.2, 0.25) is 0 Å². The van der Waals surface area contributed by atoms with Crippen LogP contribution in [0.5, 0.6) is 0 Å². The van der Waals surface area contributed by atoms with Crippen LogP contribution in [-0.2, 0) is 0 Å². The smallest absolute Gasteiger partial charge is 0.275 e. The van der Waals surface area contributed by atoms with Gasteiger partial charge in [0.2, 0.25) is 0 Å². The van der Waals surface area contributed by atoms with Gasteiger partial charge in [-0.1, -0.05) is 36.4 Å². The van der Waals surface area contributed by atoms with E-state index in [9.17, 15) is 9.59 Å². The maximum Gasteiger partial charge on any atom is 0.275 e. The molecule has 0 saturated heterocycles. The van der Waals surface area contributed by atoms with Crippen LogP contribution >= 0.6 is 11.3 Å². The number of nitrogens with two attached hydrogens (primary N) is 1. The molecule has 0 aliphatic carbocycles. The van der Waals surface area contributed by atoms with Crippen LogP contribution in [0.4, 0.5) is 5.69 Å². The quantitative estimate of drug-likeness (QED) is 0.764. The number of nitrogens with one attached hydrogen (secondary N) is 1. The van der Waals surface area contributed by atoms with Crippen LogP contribution in [0.1, 0.15) is 26.4 Å². The van der Waals surface area contributed by atoms with Crippen molar-refractivity contribution in [3.05, 3.63) is 70.7 Å². The number of aryl methyl sites for hydroxylation is 1. The highest BCUT2D eigenvalue weighted by molar-refractivity contribution is 7.13. The van der Waals surface area contributed by atoms with Crippen molar-refractivity contribution in [2.45, 2.75) is 6.92 Å². The van der Waals surface area contributed by atoms with Gasteiger partial charge in [0, 0.05) is 10.9 Å². The van der Waals surface area contributed by atoms with Crippen molar-refractivity contribution >= 4 is 28.8 Å². The lowest BCUT2D eigenvalue weighted by Gasteiger charge is -2.07. The summed E-state index contributed by atoms with van der Waals surface area (Å²) >= 11 is 1.40. The van der Waals surface area contributed by atoms with E-state index >= 15 is 0 Å². The molecule has 2 aromatic carbocycles. The normalized spacial score (nSPS) is 10.4. The van der Waals surface area contributed by atoms with E-state index in [4.69, 9.17) is 5.73 Å². The molecule has 0 aliphatic heterocycles. The SMILES string of the molecule is Cc1ccccc1-c1nc(C(=O)Nc2ccccc2C(N)=O)cs1. The largest absolute Gasteiger partial charge is 0.366 e. The molecule has 0 bridgehead atoms. The summed E-state index contributed by atoms with van der Waals surface area (Å²) < 4.78 is 0. The van der Waals surface area contributed by atoms with Gasteiger partial charge in [0.1, 0.15) is 10.7 Å². The van der Waals surface area contributed by atoms with Crippen LogP contribution in [0.15, 0.2) is 53.9 Å². The zero-order valence-electron chi connectivity index (χ0n) is 12.9. The summed E-state index contributed by atoms with van der Waals surface area (Å²) in [6.45, 7) is 2.00. The van der Waals surface area contributed by atoms with Crippen LogP contribution in [0, 0.1) is 6.92 Å². The Bertz CT molecular complexity index is 918. The van der Waals surface area contributed by atoms with Crippen molar-refractivity contribution in [3.63, 3.8) is 0 Å². The van der Waals surface area contributed by atoms with Crippen LogP contribution in [-0.4, -0.2) is 16.8 Å². The number of carbonyl (C=O) groups is 2. The van der Waals surface area contributed by atoms with Crippen LogP contribution in [0.3, 0.4) is 0 Å². The van der Waals surface area contributed by atoms with E-state index in [1.807, 2.05) is 31.2 Å². The molecule has 0 atom stereocenters. The Labute approximate surface area is 143 Å². The summed E-state index contributed by atoms with van der Waals surface area (Å²) in [6, 6.07) is 14.5. The number of primary amides is 1. The lowest BCUT2D eigenvalue weighted by Crippen LogP contribution is -2.18. The van der Waals surface area contributed by atoms with Gasteiger partial charge in [-0.3, -0.25) is 9.59 Å². The molecule has 6 heteroatoms. The first kappa shape index (κ1) is 15.9. The molecule has 0 radical (unpaired) electrons. The van der Waals surface area contributed by atoms with Gasteiger partial charge >= 0.3 is 0 Å². The van der Waals surface area contributed by atoms with Crippen LogP contribution in [0.25, 0.3) is 10.6 Å². The second kappa shape index (κ2) is 6.64. The Morgan fingerprint density at radius 1 is 1.08 bits per heavy atom. The van der Waals surface area contributed by atoms with E-state index < -0.39 is 5.91 Å². The Balaban J connectivity index is 1.85. The first-order valence-electron chi connectivity index (χ1n) is 7.28. The fraction of sp³-hybridized carbons (Fsp3) is 0.0556. The molecule has 0 unspecified atom stereocenters. The molecule has 0 fully saturated rings. The van der Waals surface area contributed by atoms with E-state index in [2.05, 4.69) is 10.3 Å². The highest BCUT2D eigenvalue weighted by Gasteiger charge is 2.15. The van der Waals surface area contributed by atoms with Crippen molar-refractivity contribution in [2.24, 2.45) is 5.73 Å². The third-order valence-corrected chi connectivity index (χ3v) is 4.43. The monoisotopic (exact) mass is 337 g/mol. The van der Waals surface area contributed by atoms with Crippen molar-refractivity contribution in [1.82, 2.24) is 4.98 Å². The lowest BCUT2D eigenvalue weighted by atomic mass is 10.1. The number of para-hydroxylation sites is 1. The molecule has 3 aromatic rings. The molecule has 0 aliphatic rings. The predicted molar refractivity (Wildman–Crippen MR) is 95.2 cm³/mol. The molecule has 3 N–H and O–H groups in total. The number of nitrogens with zero attached hydrogens (tertiary/aromatic N) is 1. The number of hydrogen-bond acceptors (Lipinski definition) is 4. The second-order valence-corrected chi connectivity index (χ2v) is 6.07. The van der Waals surface area contributed by atoms with Crippen LogP contribution < -0.4 is 11.1 Å². The van der Waals surface area contributed by atoms with Gasteiger partial charge < -0.3 is 11.1 Å². The first-order chi connectivity index (χ1) is 11.6. The molecule has 3 rings (SSSR count). The van der Waals surface area contributed by atoms with E-state index in [1.54, 1.807) is 29.6 Å². The minimum Gasteiger partial charge on any atom is -0.366 e. The average molecular weight is 337 g/mol. The van der Waals surface area contributed by atoms with Crippen molar-refractivity contribution in [3.8, 4) is 10.6 Å². The van der Waals surface area contributed by atoms with Crippen molar-refractivity contribution in [1.29, 1.82) is 0 Å². The summed E-state index contributed by atoms with van der Waals surface area (Å²) in [5, 5.41) is 5.17. The van der Waals surface area contributed by atoms with Gasteiger partial charge in [-0.15, -0.1) is 11.3 Å². The standard InChI is InChI=1S/C18H15N3O2S/c1-11-6-2-3-7-12(11)18-21-15(10-24-18)17(23)20-14-9-5-4-8-13(14)16(19)22/h2-10H,1H3,(H2,19,22)(H,20,23). The van der Waals surface area contributed by atoms with Gasteiger partial charge in [-0.25, -0.2) is 4.98 Å². The number of hydrogen-bond donors (Lipinski definition) is 2. The van der Waals surface area contributed by atoms with Gasteiger partial charge in [0.15, 0.2) is 0 Å². The Hall–Kier alpha value is -2.99. The molecule has 5 nitrogen and oxygen atoms in total. The van der Waals surface area contributed by atoms with E-state index in [1.165, 1.54) is 11.3 Å². The maximum atomic E-state index is 12.4. The topological polar surface area (TPSA) is 85.1 Å². The number of thiazole rings is 1. The molecule has 1 aromatic heterocycles. The molecular formula is C18H15N3O2S. The number of benzene rings is 2. The highest BCUT2D eigenvalue weighted by atomic mass is 32.1. The van der Waals surface area contributed by atoms with Gasteiger partial charge in [0.05, 0.1) is 11.3 Å². The molecule has 120 valence electrons. The molecule has 24 heavy (non-hydrogen) atoms. The zero-order valence-corrected chi connectivity index (χ0v) is 13.8. The number of anilines is 1. The van der Waals surface area contributed by atoms with Gasteiger partial charge in [0.25, 0.3) is 11.8 Å². The zero-order chi connectivity index (χ0) is 17.1. The van der Waals surface area contributed by atoms with Gasteiger partial charge in [-0.05, 0) is 24.6 Å². The second-order valence-electron chi connectivity index (χ2n) is 5.22. The minimum atomic E-state index is -0.593. The van der Waals surface area contributed by atoms with E-state index in [-0.39, 0.29) is 11.5 Å². The average Bonchev–Trinajstić information content (AvgIpc) is 3.05. The third-order valence-electron chi connectivity index (χ3n) is 3.55. The molecule has 2 amide bonds. The number of aromatic nitrogens is 1.